The van der Waals surface area contributed by atoms with E-state index in [1.54, 1.807) is 16.9 Å². The van der Waals surface area contributed by atoms with Crippen molar-refractivity contribution < 1.29 is 4.79 Å². The van der Waals surface area contributed by atoms with Crippen LogP contribution in [0.25, 0.3) is 5.82 Å². The summed E-state index contributed by atoms with van der Waals surface area (Å²) in [5, 5.41) is 7.63. The van der Waals surface area contributed by atoms with E-state index in [2.05, 4.69) is 15.4 Å². The molecule has 2 aromatic rings. The molecular weight excluding hydrogens is 361 g/mol. The Labute approximate surface area is 159 Å². The number of aromatic nitrogens is 3. The third kappa shape index (κ3) is 3.97. The van der Waals surface area contributed by atoms with Gasteiger partial charge in [-0.1, -0.05) is 6.07 Å². The van der Waals surface area contributed by atoms with Crippen molar-refractivity contribution in [2.24, 2.45) is 5.41 Å². The van der Waals surface area contributed by atoms with Gasteiger partial charge in [-0.3, -0.25) is 4.79 Å². The van der Waals surface area contributed by atoms with E-state index in [0.29, 0.717) is 16.9 Å². The van der Waals surface area contributed by atoms with Crippen LogP contribution in [0.1, 0.15) is 29.8 Å². The van der Waals surface area contributed by atoms with Gasteiger partial charge in [0.25, 0.3) is 5.91 Å². The van der Waals surface area contributed by atoms with Crippen molar-refractivity contribution in [3.8, 4) is 5.82 Å². The quantitative estimate of drug-likeness (QED) is 0.864. The Morgan fingerprint density at radius 3 is 2.56 bits per heavy atom. The number of nitrogens with one attached hydrogen (secondary N) is 1. The molecule has 2 aliphatic heterocycles. The van der Waals surface area contributed by atoms with Crippen molar-refractivity contribution in [2.75, 3.05) is 26.2 Å². The Balaban J connectivity index is 0.00000113. The van der Waals surface area contributed by atoms with Gasteiger partial charge in [0.05, 0.1) is 0 Å². The number of carbonyl (C=O) groups excluding carboxylic acids is 1. The Morgan fingerprint density at radius 1 is 1.12 bits per heavy atom. The van der Waals surface area contributed by atoms with Crippen molar-refractivity contribution in [1.29, 1.82) is 0 Å². The van der Waals surface area contributed by atoms with E-state index in [1.807, 2.05) is 29.3 Å². The summed E-state index contributed by atoms with van der Waals surface area (Å²) in [7, 11) is 0. The summed E-state index contributed by atoms with van der Waals surface area (Å²) >= 11 is 0. The zero-order valence-corrected chi connectivity index (χ0v) is 15.6. The molecule has 4 heterocycles. The first kappa shape index (κ1) is 19.7. The zero-order chi connectivity index (χ0) is 15.7. The predicted octanol–water partition coefficient (Wildman–Crippen LogP) is 2.33. The lowest BCUT2D eigenvalue weighted by atomic mass is 9.78. The maximum atomic E-state index is 12.7. The second kappa shape index (κ2) is 8.17. The molecule has 2 aromatic heterocycles. The highest BCUT2D eigenvalue weighted by Crippen LogP contribution is 2.37. The van der Waals surface area contributed by atoms with E-state index in [-0.39, 0.29) is 30.7 Å². The molecule has 0 bridgehead atoms. The average molecular weight is 384 g/mol. The van der Waals surface area contributed by atoms with Gasteiger partial charge in [-0.25, -0.2) is 9.67 Å². The molecule has 25 heavy (non-hydrogen) atoms. The molecule has 0 unspecified atom stereocenters. The summed E-state index contributed by atoms with van der Waals surface area (Å²) in [4.78, 5) is 19.2. The minimum absolute atomic E-state index is 0. The van der Waals surface area contributed by atoms with Crippen LogP contribution < -0.4 is 5.32 Å². The molecule has 2 aliphatic rings. The fourth-order valence-electron chi connectivity index (χ4n) is 3.64. The molecule has 0 radical (unpaired) electrons. The molecule has 0 aromatic carbocycles. The normalized spacial score (nSPS) is 18.5. The first-order valence-electron chi connectivity index (χ1n) is 8.23. The van der Waals surface area contributed by atoms with Gasteiger partial charge >= 0.3 is 0 Å². The molecule has 2 fully saturated rings. The number of rotatable bonds is 2. The number of halogens is 2. The fraction of sp³-hybridized carbons (Fsp3) is 0.471. The summed E-state index contributed by atoms with van der Waals surface area (Å²) in [6, 6.07) is 7.36. The number of nitrogens with zero attached hydrogens (tertiary/aromatic N) is 4. The number of likely N-dealkylation sites (tertiary alicyclic amines) is 1. The van der Waals surface area contributed by atoms with Crippen LogP contribution in [0.15, 0.2) is 36.7 Å². The van der Waals surface area contributed by atoms with E-state index < -0.39 is 0 Å². The molecule has 0 atom stereocenters. The van der Waals surface area contributed by atoms with E-state index >= 15 is 0 Å². The first-order chi connectivity index (χ1) is 11.3. The highest BCUT2D eigenvalue weighted by molar-refractivity contribution is 5.92. The summed E-state index contributed by atoms with van der Waals surface area (Å²) in [5.41, 5.74) is 0.916. The molecule has 0 aliphatic carbocycles. The van der Waals surface area contributed by atoms with Crippen LogP contribution >= 0.6 is 24.8 Å². The van der Waals surface area contributed by atoms with Crippen molar-refractivity contribution in [1.82, 2.24) is 25.0 Å². The van der Waals surface area contributed by atoms with E-state index in [9.17, 15) is 4.79 Å². The van der Waals surface area contributed by atoms with Crippen LogP contribution in [0, 0.1) is 5.41 Å². The lowest BCUT2D eigenvalue weighted by Gasteiger charge is -2.38. The Bertz CT molecular complexity index is 691. The van der Waals surface area contributed by atoms with Gasteiger partial charge < -0.3 is 10.2 Å². The van der Waals surface area contributed by atoms with Gasteiger partial charge in [0.2, 0.25) is 0 Å². The molecule has 2 saturated heterocycles. The summed E-state index contributed by atoms with van der Waals surface area (Å²) in [6.45, 7) is 3.87. The second-order valence-electron chi connectivity index (χ2n) is 6.55. The topological polar surface area (TPSA) is 63.1 Å². The molecule has 1 N–H and O–H groups in total. The average Bonchev–Trinajstić information content (AvgIpc) is 3.28. The lowest BCUT2D eigenvalue weighted by Crippen LogP contribution is -2.44. The Hall–Kier alpha value is -1.63. The highest BCUT2D eigenvalue weighted by atomic mass is 35.5. The van der Waals surface area contributed by atoms with Crippen molar-refractivity contribution >= 4 is 30.7 Å². The predicted molar refractivity (Wildman–Crippen MR) is 101 cm³/mol. The first-order valence-corrected chi connectivity index (χ1v) is 8.23. The van der Waals surface area contributed by atoms with Gasteiger partial charge in [-0.05, 0) is 49.4 Å². The molecule has 0 saturated carbocycles. The Morgan fingerprint density at radius 2 is 1.92 bits per heavy atom. The number of hydrogen-bond acceptors (Lipinski definition) is 4. The van der Waals surface area contributed by atoms with Crippen LogP contribution in [-0.2, 0) is 0 Å². The second-order valence-corrected chi connectivity index (χ2v) is 6.55. The third-order valence-electron chi connectivity index (χ3n) is 5.14. The number of carbonyl (C=O) groups is 1. The van der Waals surface area contributed by atoms with Gasteiger partial charge in [-0.2, -0.15) is 5.10 Å². The number of piperidine rings is 1. The summed E-state index contributed by atoms with van der Waals surface area (Å²) in [5.74, 6) is 0.703. The van der Waals surface area contributed by atoms with Crippen molar-refractivity contribution in [3.05, 3.63) is 42.4 Å². The Kier molecular flexibility index (Phi) is 6.43. The fourth-order valence-corrected chi connectivity index (χ4v) is 3.64. The highest BCUT2D eigenvalue weighted by Gasteiger charge is 2.38. The summed E-state index contributed by atoms with van der Waals surface area (Å²) in [6.07, 6.45) is 6.95. The smallest absolute Gasteiger partial charge is 0.272 e. The molecular formula is C17H23Cl2N5O. The minimum Gasteiger partial charge on any atom is -0.337 e. The van der Waals surface area contributed by atoms with Crippen molar-refractivity contribution in [3.63, 3.8) is 0 Å². The molecule has 4 rings (SSSR count). The van der Waals surface area contributed by atoms with Crippen molar-refractivity contribution in [2.45, 2.75) is 19.3 Å². The lowest BCUT2D eigenvalue weighted by molar-refractivity contribution is 0.0602. The van der Waals surface area contributed by atoms with Gasteiger partial charge in [0.15, 0.2) is 5.82 Å². The van der Waals surface area contributed by atoms with Gasteiger partial charge in [-0.15, -0.1) is 24.8 Å². The molecule has 6 nitrogen and oxygen atoms in total. The maximum absolute atomic E-state index is 12.7. The number of hydrogen-bond donors (Lipinski definition) is 1. The number of pyridine rings is 1. The van der Waals surface area contributed by atoms with Crippen LogP contribution in [0.2, 0.25) is 0 Å². The van der Waals surface area contributed by atoms with E-state index in [4.69, 9.17) is 0 Å². The third-order valence-corrected chi connectivity index (χ3v) is 5.14. The van der Waals surface area contributed by atoms with Gasteiger partial charge in [0.1, 0.15) is 5.69 Å². The number of amides is 1. The molecule has 1 amide bonds. The standard InChI is InChI=1S/C17H21N5O.2ClH/c23-16(21-11-6-17(7-12-21)5-9-18-13-17)14-3-1-4-15(20-14)22-10-2-8-19-22;;/h1-4,8,10,18H,5-7,9,11-13H2;2*1H. The van der Waals surface area contributed by atoms with Crippen LogP contribution in [0.3, 0.4) is 0 Å². The SMILES string of the molecule is Cl.Cl.O=C(c1cccc(-n2cccn2)n1)N1CCC2(CCNC2)CC1. The van der Waals surface area contributed by atoms with Crippen LogP contribution in [0.5, 0.6) is 0 Å². The maximum Gasteiger partial charge on any atom is 0.272 e. The molecule has 136 valence electrons. The van der Waals surface area contributed by atoms with Gasteiger partial charge in [0, 0.05) is 32.0 Å². The van der Waals surface area contributed by atoms with E-state index in [1.165, 1.54) is 6.42 Å². The largest absolute Gasteiger partial charge is 0.337 e. The van der Waals surface area contributed by atoms with Crippen LogP contribution in [0.4, 0.5) is 0 Å². The van der Waals surface area contributed by atoms with E-state index in [0.717, 1.165) is 39.0 Å². The summed E-state index contributed by atoms with van der Waals surface area (Å²) < 4.78 is 1.67. The minimum atomic E-state index is 0. The molecule has 1 spiro atoms. The zero-order valence-electron chi connectivity index (χ0n) is 13.9. The molecule has 8 heteroatoms. The monoisotopic (exact) mass is 383 g/mol. The van der Waals surface area contributed by atoms with Crippen LogP contribution in [-0.4, -0.2) is 51.8 Å².